The van der Waals surface area contributed by atoms with Gasteiger partial charge in [-0.2, -0.15) is 0 Å². The molecule has 1 atom stereocenters. The van der Waals surface area contributed by atoms with Gasteiger partial charge < -0.3 is 14.2 Å². The van der Waals surface area contributed by atoms with Crippen molar-refractivity contribution in [2.45, 2.75) is 194 Å². The number of benzene rings is 2. The number of unbranched alkanes of at least 4 members (excludes halogenated alkanes) is 21. The summed E-state index contributed by atoms with van der Waals surface area (Å²) in [6.07, 6.45) is 33.1. The standard InChI is InChI=1S/C47H75O3S2/c1-5-8-11-14-16-18-20-22-24-27-36-48-44-35-32-42(38-45(44)49-37-28-25-23-21-19-17-15-12-9-6-2)47-39-46(51-52-47)41-30-33-43(34-31-41)50-40(4)29-26-13-10-7-3/h30-35,38-40H,5-29,36-37H2,1-4H3/q+1. The highest BCUT2D eigenvalue weighted by Crippen LogP contribution is 2.41. The van der Waals surface area contributed by atoms with E-state index in [0.29, 0.717) is 0 Å². The summed E-state index contributed by atoms with van der Waals surface area (Å²) in [5, 5.41) is 0. The third kappa shape index (κ3) is 19.3. The molecule has 2 aromatic carbocycles. The fourth-order valence-corrected chi connectivity index (χ4v) is 9.25. The van der Waals surface area contributed by atoms with E-state index in [0.717, 1.165) is 49.7 Å². The van der Waals surface area contributed by atoms with E-state index < -0.39 is 0 Å². The Morgan fingerprint density at radius 2 is 0.962 bits per heavy atom. The van der Waals surface area contributed by atoms with Crippen LogP contribution in [0, 0.1) is 0 Å². The van der Waals surface area contributed by atoms with E-state index in [1.165, 1.54) is 162 Å². The lowest BCUT2D eigenvalue weighted by molar-refractivity contribution is 0.206. The van der Waals surface area contributed by atoms with Crippen LogP contribution in [0.1, 0.15) is 188 Å². The van der Waals surface area contributed by atoms with Crippen molar-refractivity contribution >= 4 is 20.7 Å². The van der Waals surface area contributed by atoms with Gasteiger partial charge in [0.15, 0.2) is 21.8 Å². The molecule has 292 valence electrons. The van der Waals surface area contributed by atoms with Crippen molar-refractivity contribution in [3.05, 3.63) is 48.5 Å². The van der Waals surface area contributed by atoms with Crippen LogP contribution in [0.3, 0.4) is 0 Å². The zero-order valence-corrected chi connectivity index (χ0v) is 35.5. The molecule has 0 fully saturated rings. The second-order valence-corrected chi connectivity index (χ2v) is 17.3. The minimum absolute atomic E-state index is 0.252. The zero-order chi connectivity index (χ0) is 36.9. The van der Waals surface area contributed by atoms with Crippen LogP contribution >= 0.6 is 20.7 Å². The molecule has 5 heteroatoms. The average Bonchev–Trinajstić information content (AvgIpc) is 3.66. The maximum atomic E-state index is 6.46. The molecule has 0 aliphatic rings. The van der Waals surface area contributed by atoms with Gasteiger partial charge in [0, 0.05) is 11.6 Å². The van der Waals surface area contributed by atoms with Crippen LogP contribution in [0.25, 0.3) is 20.9 Å². The van der Waals surface area contributed by atoms with Gasteiger partial charge in [0.2, 0.25) is 0 Å². The molecule has 0 bridgehead atoms. The van der Waals surface area contributed by atoms with Gasteiger partial charge in [-0.05, 0) is 80.6 Å². The molecule has 0 radical (unpaired) electrons. The molecule has 0 aliphatic heterocycles. The summed E-state index contributed by atoms with van der Waals surface area (Å²) in [6.45, 7) is 10.5. The van der Waals surface area contributed by atoms with E-state index in [-0.39, 0.29) is 6.10 Å². The molecule has 0 aliphatic carbocycles. The minimum Gasteiger partial charge on any atom is -0.491 e. The topological polar surface area (TPSA) is 27.7 Å². The summed E-state index contributed by atoms with van der Waals surface area (Å²) < 4.78 is 19.0. The molecule has 0 amide bonds. The Labute approximate surface area is 327 Å². The molecule has 3 rings (SSSR count). The van der Waals surface area contributed by atoms with Crippen molar-refractivity contribution < 1.29 is 14.2 Å². The molecule has 3 nitrogen and oxygen atoms in total. The summed E-state index contributed by atoms with van der Waals surface area (Å²) in [6, 6.07) is 17.5. The van der Waals surface area contributed by atoms with Crippen molar-refractivity contribution in [1.82, 2.24) is 0 Å². The highest BCUT2D eigenvalue weighted by molar-refractivity contribution is 7.72. The average molecular weight is 752 g/mol. The van der Waals surface area contributed by atoms with Gasteiger partial charge in [-0.25, -0.2) is 0 Å². The predicted molar refractivity (Wildman–Crippen MR) is 231 cm³/mol. The normalized spacial score (nSPS) is 11.9. The van der Waals surface area contributed by atoms with Crippen molar-refractivity contribution in [3.63, 3.8) is 0 Å². The Balaban J connectivity index is 1.52. The summed E-state index contributed by atoms with van der Waals surface area (Å²) in [5.74, 6) is 2.75. The first kappa shape index (κ1) is 44.3. The molecule has 3 aromatic rings. The highest BCUT2D eigenvalue weighted by Gasteiger charge is 2.20. The molecular weight excluding hydrogens is 677 g/mol. The van der Waals surface area contributed by atoms with Crippen LogP contribution < -0.4 is 14.2 Å². The second-order valence-electron chi connectivity index (χ2n) is 15.1. The van der Waals surface area contributed by atoms with Crippen molar-refractivity contribution in [2.24, 2.45) is 0 Å². The molecule has 1 aromatic heterocycles. The molecule has 0 saturated heterocycles. The van der Waals surface area contributed by atoms with Crippen LogP contribution in [-0.2, 0) is 0 Å². The fraction of sp³-hybridized carbons (Fsp3) is 0.681. The van der Waals surface area contributed by atoms with Gasteiger partial charge in [-0.15, -0.1) is 0 Å². The summed E-state index contributed by atoms with van der Waals surface area (Å²) in [7, 11) is 3.67. The van der Waals surface area contributed by atoms with Crippen molar-refractivity contribution in [1.29, 1.82) is 0 Å². The van der Waals surface area contributed by atoms with E-state index in [2.05, 4.69) is 76.2 Å². The van der Waals surface area contributed by atoms with Gasteiger partial charge >= 0.3 is 10.3 Å². The van der Waals surface area contributed by atoms with Crippen LogP contribution in [0.2, 0.25) is 0 Å². The Morgan fingerprint density at radius 3 is 1.50 bits per heavy atom. The molecule has 0 spiro atoms. The number of hydrogen-bond donors (Lipinski definition) is 0. The zero-order valence-electron chi connectivity index (χ0n) is 33.8. The van der Waals surface area contributed by atoms with Crippen LogP contribution in [0.5, 0.6) is 17.2 Å². The van der Waals surface area contributed by atoms with E-state index >= 15 is 0 Å². The third-order valence-corrected chi connectivity index (χ3v) is 12.6. The molecule has 0 N–H and O–H groups in total. The van der Waals surface area contributed by atoms with E-state index in [9.17, 15) is 0 Å². The Morgan fingerprint density at radius 1 is 0.500 bits per heavy atom. The SMILES string of the molecule is CCCCCCCCCCCCOc1ccc(-c2cc(-c3ccc(OC(C)CCCCCC)cc3)s[s+]2)cc1OCCCCCCCCCCCC. The van der Waals surface area contributed by atoms with Crippen LogP contribution in [0.15, 0.2) is 48.5 Å². The Hall–Kier alpha value is -2.11. The van der Waals surface area contributed by atoms with Gasteiger partial charge in [-0.1, -0.05) is 156 Å². The van der Waals surface area contributed by atoms with Gasteiger partial charge in [0.25, 0.3) is 4.88 Å². The van der Waals surface area contributed by atoms with E-state index in [1.54, 1.807) is 0 Å². The van der Waals surface area contributed by atoms with E-state index in [1.807, 2.05) is 20.7 Å². The Bertz CT molecular complexity index is 1270. The predicted octanol–water partition coefficient (Wildman–Crippen LogP) is 16.8. The number of hydrogen-bond acceptors (Lipinski definition) is 4. The minimum atomic E-state index is 0.252. The number of ether oxygens (including phenoxy) is 3. The monoisotopic (exact) mass is 752 g/mol. The largest absolute Gasteiger partial charge is 0.491 e. The fourth-order valence-electron chi connectivity index (χ4n) is 6.80. The maximum Gasteiger partial charge on any atom is 0.301 e. The highest BCUT2D eigenvalue weighted by atomic mass is 32.9. The smallest absolute Gasteiger partial charge is 0.301 e. The van der Waals surface area contributed by atoms with Gasteiger partial charge in [0.05, 0.1) is 24.2 Å². The first-order chi connectivity index (χ1) is 25.6. The molecule has 0 saturated carbocycles. The number of rotatable bonds is 33. The lowest BCUT2D eigenvalue weighted by atomic mass is 10.1. The van der Waals surface area contributed by atoms with Crippen LogP contribution in [0.4, 0.5) is 0 Å². The lowest BCUT2D eigenvalue weighted by Crippen LogP contribution is -2.11. The van der Waals surface area contributed by atoms with Gasteiger partial charge in [0.1, 0.15) is 5.75 Å². The maximum absolute atomic E-state index is 6.46. The summed E-state index contributed by atoms with van der Waals surface area (Å²) in [4.78, 5) is 2.55. The molecule has 1 heterocycles. The van der Waals surface area contributed by atoms with E-state index in [4.69, 9.17) is 14.2 Å². The molecular formula is C47H75O3S2+. The lowest BCUT2D eigenvalue weighted by Gasteiger charge is -2.14. The first-order valence-corrected chi connectivity index (χ1v) is 23.9. The second kappa shape index (κ2) is 29.3. The van der Waals surface area contributed by atoms with Crippen molar-refractivity contribution in [2.75, 3.05) is 13.2 Å². The first-order valence-electron chi connectivity index (χ1n) is 21.7. The van der Waals surface area contributed by atoms with Crippen LogP contribution in [-0.4, -0.2) is 19.3 Å². The molecule has 52 heavy (non-hydrogen) atoms. The third-order valence-electron chi connectivity index (χ3n) is 10.2. The quantitative estimate of drug-likeness (QED) is 0.0352. The molecule has 1 unspecified atom stereocenters. The van der Waals surface area contributed by atoms with Gasteiger partial charge in [-0.3, -0.25) is 0 Å². The van der Waals surface area contributed by atoms with Crippen molar-refractivity contribution in [3.8, 4) is 38.1 Å². The summed E-state index contributed by atoms with van der Waals surface area (Å²) >= 11 is 0. The summed E-state index contributed by atoms with van der Waals surface area (Å²) in [5.41, 5.74) is 2.44. The Kier molecular flexibility index (Phi) is 24.9.